The summed E-state index contributed by atoms with van der Waals surface area (Å²) in [4.78, 5) is 2.53. The van der Waals surface area contributed by atoms with Crippen LogP contribution in [0.25, 0.3) is 0 Å². The molecule has 0 aliphatic carbocycles. The number of nitrogens with zero attached hydrogens (tertiary/aromatic N) is 1. The maximum absolute atomic E-state index is 3.58. The van der Waals surface area contributed by atoms with E-state index in [4.69, 9.17) is 0 Å². The van der Waals surface area contributed by atoms with E-state index in [0.717, 1.165) is 12.1 Å². The van der Waals surface area contributed by atoms with Gasteiger partial charge in [0.05, 0.1) is 0 Å². The second-order valence-corrected chi connectivity index (χ2v) is 4.31. The Morgan fingerprint density at radius 2 is 2.25 bits per heavy atom. The van der Waals surface area contributed by atoms with E-state index in [-0.39, 0.29) is 0 Å². The first kappa shape index (κ1) is 8.52. The van der Waals surface area contributed by atoms with Crippen molar-refractivity contribution >= 4 is 0 Å². The molecule has 2 heterocycles. The third-order valence-corrected chi connectivity index (χ3v) is 3.39. The fourth-order valence-corrected chi connectivity index (χ4v) is 2.56. The highest BCUT2D eigenvalue weighted by Gasteiger charge is 2.25. The summed E-state index contributed by atoms with van der Waals surface area (Å²) in [5.41, 5.74) is 0. The Hall–Kier alpha value is -0.0800. The molecule has 2 rings (SSSR count). The Morgan fingerprint density at radius 3 is 2.83 bits per heavy atom. The van der Waals surface area contributed by atoms with Gasteiger partial charge in [0.15, 0.2) is 0 Å². The Kier molecular flexibility index (Phi) is 2.66. The summed E-state index contributed by atoms with van der Waals surface area (Å²) in [6, 6.07) is 1.70. The molecule has 0 amide bonds. The van der Waals surface area contributed by atoms with Crippen molar-refractivity contribution in [3.05, 3.63) is 0 Å². The third-order valence-electron chi connectivity index (χ3n) is 3.39. The average Bonchev–Trinajstić information content (AvgIpc) is 2.65. The largest absolute Gasteiger partial charge is 0.314 e. The van der Waals surface area contributed by atoms with Crippen molar-refractivity contribution in [3.63, 3.8) is 0 Å². The lowest BCUT2D eigenvalue weighted by Crippen LogP contribution is -2.33. The predicted molar refractivity (Wildman–Crippen MR) is 51.3 cm³/mol. The van der Waals surface area contributed by atoms with Crippen LogP contribution in [0, 0.1) is 0 Å². The SMILES string of the molecule is CN1CCCC1CC1CCCN1. The Balaban J connectivity index is 1.77. The van der Waals surface area contributed by atoms with E-state index in [1.54, 1.807) is 0 Å². The summed E-state index contributed by atoms with van der Waals surface area (Å²) in [6.45, 7) is 2.57. The molecule has 0 aromatic heterocycles. The Labute approximate surface area is 75.3 Å². The van der Waals surface area contributed by atoms with E-state index in [9.17, 15) is 0 Å². The van der Waals surface area contributed by atoms with Gasteiger partial charge in [0.25, 0.3) is 0 Å². The molecule has 2 aliphatic heterocycles. The van der Waals surface area contributed by atoms with Crippen LogP contribution in [0.3, 0.4) is 0 Å². The zero-order valence-electron chi connectivity index (χ0n) is 8.05. The maximum atomic E-state index is 3.58. The lowest BCUT2D eigenvalue weighted by atomic mass is 10.0. The van der Waals surface area contributed by atoms with Gasteiger partial charge in [-0.05, 0) is 52.2 Å². The number of likely N-dealkylation sites (tertiary alicyclic amines) is 1. The van der Waals surface area contributed by atoms with Crippen molar-refractivity contribution in [2.45, 2.75) is 44.2 Å². The first-order valence-corrected chi connectivity index (χ1v) is 5.30. The summed E-state index contributed by atoms with van der Waals surface area (Å²) in [6.07, 6.45) is 7.02. The van der Waals surface area contributed by atoms with E-state index >= 15 is 0 Å². The molecule has 0 aromatic rings. The summed E-state index contributed by atoms with van der Waals surface area (Å²) in [5.74, 6) is 0. The van der Waals surface area contributed by atoms with Crippen molar-refractivity contribution in [3.8, 4) is 0 Å². The molecule has 12 heavy (non-hydrogen) atoms. The number of hydrogen-bond donors (Lipinski definition) is 1. The molecule has 0 saturated carbocycles. The molecule has 2 heteroatoms. The highest BCUT2D eigenvalue weighted by atomic mass is 15.1. The zero-order chi connectivity index (χ0) is 8.39. The molecule has 1 N–H and O–H groups in total. The lowest BCUT2D eigenvalue weighted by molar-refractivity contribution is 0.276. The first-order chi connectivity index (χ1) is 5.86. The van der Waals surface area contributed by atoms with E-state index in [0.29, 0.717) is 0 Å². The molecule has 2 nitrogen and oxygen atoms in total. The summed E-state index contributed by atoms with van der Waals surface area (Å²) >= 11 is 0. The van der Waals surface area contributed by atoms with Crippen LogP contribution in [0.2, 0.25) is 0 Å². The van der Waals surface area contributed by atoms with Crippen LogP contribution in [0.15, 0.2) is 0 Å². The second kappa shape index (κ2) is 3.75. The summed E-state index contributed by atoms with van der Waals surface area (Å²) in [5, 5.41) is 3.58. The third kappa shape index (κ3) is 1.80. The summed E-state index contributed by atoms with van der Waals surface area (Å²) < 4.78 is 0. The molecule has 0 bridgehead atoms. The zero-order valence-corrected chi connectivity index (χ0v) is 8.05. The lowest BCUT2D eigenvalue weighted by Gasteiger charge is -2.22. The fourth-order valence-electron chi connectivity index (χ4n) is 2.56. The van der Waals surface area contributed by atoms with Crippen molar-refractivity contribution in [2.24, 2.45) is 0 Å². The highest BCUT2D eigenvalue weighted by molar-refractivity contribution is 4.84. The molecular weight excluding hydrogens is 148 g/mol. The smallest absolute Gasteiger partial charge is 0.0107 e. The standard InChI is InChI=1S/C10H20N2/c1-12-7-3-5-10(12)8-9-4-2-6-11-9/h9-11H,2-8H2,1H3. The molecule has 0 radical (unpaired) electrons. The fraction of sp³-hybridized carbons (Fsp3) is 1.00. The monoisotopic (exact) mass is 168 g/mol. The van der Waals surface area contributed by atoms with Crippen LogP contribution in [-0.4, -0.2) is 37.1 Å². The molecule has 2 fully saturated rings. The molecule has 0 aromatic carbocycles. The highest BCUT2D eigenvalue weighted by Crippen LogP contribution is 2.22. The molecule has 2 saturated heterocycles. The minimum absolute atomic E-state index is 0.829. The molecule has 2 unspecified atom stereocenters. The molecular formula is C10H20N2. The van der Waals surface area contributed by atoms with Crippen molar-refractivity contribution in [2.75, 3.05) is 20.1 Å². The number of rotatable bonds is 2. The first-order valence-electron chi connectivity index (χ1n) is 5.30. The van der Waals surface area contributed by atoms with Gasteiger partial charge < -0.3 is 10.2 Å². The minimum atomic E-state index is 0.829. The average molecular weight is 168 g/mol. The van der Waals surface area contributed by atoms with Gasteiger partial charge in [-0.25, -0.2) is 0 Å². The maximum Gasteiger partial charge on any atom is 0.0107 e. The van der Waals surface area contributed by atoms with Gasteiger partial charge in [-0.3, -0.25) is 0 Å². The Morgan fingerprint density at radius 1 is 1.33 bits per heavy atom. The molecule has 0 spiro atoms. The van der Waals surface area contributed by atoms with Gasteiger partial charge in [0.1, 0.15) is 0 Å². The molecule has 2 atom stereocenters. The van der Waals surface area contributed by atoms with E-state index in [1.807, 2.05) is 0 Å². The van der Waals surface area contributed by atoms with Crippen LogP contribution < -0.4 is 5.32 Å². The molecule has 70 valence electrons. The van der Waals surface area contributed by atoms with Crippen LogP contribution in [0.4, 0.5) is 0 Å². The van der Waals surface area contributed by atoms with E-state index in [1.165, 1.54) is 45.2 Å². The normalized spacial score (nSPS) is 37.8. The van der Waals surface area contributed by atoms with Crippen LogP contribution in [0.1, 0.15) is 32.1 Å². The number of nitrogens with one attached hydrogen (secondary N) is 1. The van der Waals surface area contributed by atoms with Gasteiger partial charge in [0.2, 0.25) is 0 Å². The van der Waals surface area contributed by atoms with E-state index in [2.05, 4.69) is 17.3 Å². The van der Waals surface area contributed by atoms with Gasteiger partial charge in [0, 0.05) is 12.1 Å². The quantitative estimate of drug-likeness (QED) is 0.667. The summed E-state index contributed by atoms with van der Waals surface area (Å²) in [7, 11) is 2.27. The van der Waals surface area contributed by atoms with Gasteiger partial charge in [-0.2, -0.15) is 0 Å². The van der Waals surface area contributed by atoms with Gasteiger partial charge in [-0.15, -0.1) is 0 Å². The minimum Gasteiger partial charge on any atom is -0.314 e. The topological polar surface area (TPSA) is 15.3 Å². The van der Waals surface area contributed by atoms with Crippen molar-refractivity contribution in [1.82, 2.24) is 10.2 Å². The Bertz CT molecular complexity index is 141. The van der Waals surface area contributed by atoms with Crippen LogP contribution in [0.5, 0.6) is 0 Å². The van der Waals surface area contributed by atoms with Gasteiger partial charge >= 0.3 is 0 Å². The second-order valence-electron chi connectivity index (χ2n) is 4.31. The van der Waals surface area contributed by atoms with Crippen LogP contribution in [-0.2, 0) is 0 Å². The van der Waals surface area contributed by atoms with E-state index < -0.39 is 0 Å². The van der Waals surface area contributed by atoms with Crippen molar-refractivity contribution < 1.29 is 0 Å². The van der Waals surface area contributed by atoms with Gasteiger partial charge in [-0.1, -0.05) is 0 Å². The molecule has 2 aliphatic rings. The predicted octanol–water partition coefficient (Wildman–Crippen LogP) is 1.22. The number of hydrogen-bond acceptors (Lipinski definition) is 2. The van der Waals surface area contributed by atoms with Crippen LogP contribution >= 0.6 is 0 Å². The van der Waals surface area contributed by atoms with Crippen molar-refractivity contribution in [1.29, 1.82) is 0 Å².